The Balaban J connectivity index is 1.27. The highest BCUT2D eigenvalue weighted by atomic mass is 35.5. The molecule has 9 nitrogen and oxygen atoms in total. The van der Waals surface area contributed by atoms with E-state index in [-0.39, 0.29) is 41.3 Å². The first-order chi connectivity index (χ1) is 15.5. The average Bonchev–Trinajstić information content (AvgIpc) is 3.70. The van der Waals surface area contributed by atoms with E-state index in [0.29, 0.717) is 17.2 Å². The molecule has 0 spiro atoms. The maximum atomic E-state index is 12.9. The quantitative estimate of drug-likeness (QED) is 0.576. The Labute approximate surface area is 187 Å². The summed E-state index contributed by atoms with van der Waals surface area (Å²) in [6, 6.07) is 7.15. The summed E-state index contributed by atoms with van der Waals surface area (Å²) in [5.74, 6) is 5.73. The number of imidazole rings is 1. The van der Waals surface area contributed by atoms with Gasteiger partial charge in [0.05, 0.1) is 0 Å². The summed E-state index contributed by atoms with van der Waals surface area (Å²) in [5.41, 5.74) is 0.861. The van der Waals surface area contributed by atoms with Crippen molar-refractivity contribution in [3.63, 3.8) is 0 Å². The molecule has 2 saturated carbocycles. The van der Waals surface area contributed by atoms with Gasteiger partial charge in [-0.25, -0.2) is 14.6 Å². The van der Waals surface area contributed by atoms with Gasteiger partial charge in [0.25, 0.3) is 5.56 Å². The fourth-order valence-electron chi connectivity index (χ4n) is 3.53. The number of benzene rings is 1. The normalized spacial score (nSPS) is 15.3. The van der Waals surface area contributed by atoms with Crippen molar-refractivity contribution in [3.05, 3.63) is 61.5 Å². The van der Waals surface area contributed by atoms with Crippen molar-refractivity contribution in [1.82, 2.24) is 24.4 Å². The van der Waals surface area contributed by atoms with Crippen molar-refractivity contribution in [3.8, 4) is 11.8 Å². The molecule has 5 rings (SSSR count). The van der Waals surface area contributed by atoms with Crippen LogP contribution < -0.4 is 16.6 Å². The summed E-state index contributed by atoms with van der Waals surface area (Å²) in [7, 11) is 0. The summed E-state index contributed by atoms with van der Waals surface area (Å²) in [4.78, 5) is 44.8. The molecule has 2 fully saturated rings. The number of carbonyl (C=O) groups is 1. The number of rotatable bonds is 5. The minimum atomic E-state index is -0.603. The van der Waals surface area contributed by atoms with Crippen molar-refractivity contribution in [2.45, 2.75) is 44.3 Å². The molecule has 0 saturated heterocycles. The zero-order valence-corrected chi connectivity index (χ0v) is 17.8. The zero-order chi connectivity index (χ0) is 22.2. The van der Waals surface area contributed by atoms with Crippen LogP contribution in [-0.4, -0.2) is 31.8 Å². The largest absolute Gasteiger partial charge is 0.436 e. The standard InChI is InChI=1S/C22H20ClN5O4/c23-14-5-3-13(4-6-14)12-24-21(30)32-11-1-2-17-25-18-19(26-17)27(15-7-8-15)22(31)28(20(18)29)16-9-10-16/h3-6,15-16H,7-12H2,(H,24,30)(H,25,26). The predicted molar refractivity (Wildman–Crippen MR) is 118 cm³/mol. The monoisotopic (exact) mass is 453 g/mol. The van der Waals surface area contributed by atoms with E-state index in [4.69, 9.17) is 16.3 Å². The molecule has 2 N–H and O–H groups in total. The lowest BCUT2D eigenvalue weighted by Gasteiger charge is -2.09. The van der Waals surface area contributed by atoms with Gasteiger partial charge in [0.2, 0.25) is 0 Å². The van der Waals surface area contributed by atoms with Crippen molar-refractivity contribution in [2.24, 2.45) is 0 Å². The van der Waals surface area contributed by atoms with Crippen LogP contribution in [0.3, 0.4) is 0 Å². The number of ether oxygens (including phenoxy) is 1. The lowest BCUT2D eigenvalue weighted by molar-refractivity contribution is 0.159. The highest BCUT2D eigenvalue weighted by Gasteiger charge is 2.34. The number of amides is 1. The van der Waals surface area contributed by atoms with Crippen molar-refractivity contribution in [1.29, 1.82) is 0 Å². The topological polar surface area (TPSA) is 111 Å². The molecule has 164 valence electrons. The summed E-state index contributed by atoms with van der Waals surface area (Å²) in [6.45, 7) is 0.157. The minimum Gasteiger partial charge on any atom is -0.436 e. The first kappa shape index (κ1) is 20.4. The summed E-state index contributed by atoms with van der Waals surface area (Å²) in [5, 5.41) is 3.25. The third-order valence-electron chi connectivity index (χ3n) is 5.41. The number of H-pyrrole nitrogens is 1. The number of alkyl carbamates (subject to hydrolysis) is 1. The van der Waals surface area contributed by atoms with Gasteiger partial charge in [-0.2, -0.15) is 0 Å². The van der Waals surface area contributed by atoms with E-state index in [1.807, 2.05) is 12.1 Å². The molecule has 0 radical (unpaired) electrons. The van der Waals surface area contributed by atoms with Crippen LogP contribution in [-0.2, 0) is 11.3 Å². The van der Waals surface area contributed by atoms with E-state index < -0.39 is 6.09 Å². The molecule has 2 aliphatic carbocycles. The number of hydrogen-bond acceptors (Lipinski definition) is 5. The number of hydrogen-bond donors (Lipinski definition) is 2. The van der Waals surface area contributed by atoms with Gasteiger partial charge in [0.1, 0.15) is 0 Å². The molecule has 0 aliphatic heterocycles. The Kier molecular flexibility index (Phi) is 5.23. The molecular formula is C22H20ClN5O4. The summed E-state index contributed by atoms with van der Waals surface area (Å²) >= 11 is 5.83. The van der Waals surface area contributed by atoms with Gasteiger partial charge in [-0.05, 0) is 49.3 Å². The van der Waals surface area contributed by atoms with Gasteiger partial charge in [-0.15, -0.1) is 0 Å². The number of nitrogens with zero attached hydrogens (tertiary/aromatic N) is 3. The molecule has 0 unspecified atom stereocenters. The molecule has 2 heterocycles. The van der Waals surface area contributed by atoms with Crippen LogP contribution in [0.25, 0.3) is 11.2 Å². The fourth-order valence-corrected chi connectivity index (χ4v) is 3.65. The van der Waals surface area contributed by atoms with Crippen LogP contribution >= 0.6 is 11.6 Å². The molecule has 0 bridgehead atoms. The van der Waals surface area contributed by atoms with Crippen LogP contribution in [0.15, 0.2) is 33.9 Å². The second-order valence-electron chi connectivity index (χ2n) is 7.93. The van der Waals surface area contributed by atoms with E-state index >= 15 is 0 Å². The second kappa shape index (κ2) is 8.20. The van der Waals surface area contributed by atoms with E-state index in [0.717, 1.165) is 31.2 Å². The van der Waals surface area contributed by atoms with Gasteiger partial charge in [-0.1, -0.05) is 29.7 Å². The smallest absolute Gasteiger partial charge is 0.408 e. The van der Waals surface area contributed by atoms with Crippen LogP contribution in [0.4, 0.5) is 4.79 Å². The van der Waals surface area contributed by atoms with Gasteiger partial charge >= 0.3 is 11.8 Å². The van der Waals surface area contributed by atoms with Crippen LogP contribution in [0.2, 0.25) is 5.02 Å². The third kappa shape index (κ3) is 4.14. The van der Waals surface area contributed by atoms with Gasteiger partial charge in [-0.3, -0.25) is 13.9 Å². The molecule has 1 aromatic carbocycles. The van der Waals surface area contributed by atoms with E-state index in [9.17, 15) is 14.4 Å². The van der Waals surface area contributed by atoms with Crippen molar-refractivity contribution in [2.75, 3.05) is 6.61 Å². The maximum Gasteiger partial charge on any atom is 0.408 e. The first-order valence-electron chi connectivity index (χ1n) is 10.4. The Morgan fingerprint density at radius 3 is 2.53 bits per heavy atom. The lowest BCUT2D eigenvalue weighted by Crippen LogP contribution is -2.39. The Hall–Kier alpha value is -3.51. The first-order valence-corrected chi connectivity index (χ1v) is 10.8. The second-order valence-corrected chi connectivity index (χ2v) is 8.37. The fraction of sp³-hybridized carbons (Fsp3) is 0.364. The average molecular weight is 454 g/mol. The summed E-state index contributed by atoms with van der Waals surface area (Å²) < 4.78 is 7.99. The molecule has 2 aliphatic rings. The molecular weight excluding hydrogens is 434 g/mol. The summed E-state index contributed by atoms with van der Waals surface area (Å²) in [6.07, 6.45) is 2.86. The molecule has 10 heteroatoms. The van der Waals surface area contributed by atoms with E-state index in [2.05, 4.69) is 27.1 Å². The number of halogens is 1. The number of nitrogens with one attached hydrogen (secondary N) is 2. The van der Waals surface area contributed by atoms with Crippen LogP contribution in [0.5, 0.6) is 0 Å². The molecule has 0 atom stereocenters. The van der Waals surface area contributed by atoms with Crippen molar-refractivity contribution >= 4 is 28.9 Å². The highest BCUT2D eigenvalue weighted by Crippen LogP contribution is 2.36. The van der Waals surface area contributed by atoms with Gasteiger partial charge < -0.3 is 15.0 Å². The number of aromatic amines is 1. The Morgan fingerprint density at radius 1 is 1.16 bits per heavy atom. The number of aromatic nitrogens is 4. The molecule has 32 heavy (non-hydrogen) atoms. The van der Waals surface area contributed by atoms with Crippen LogP contribution in [0, 0.1) is 11.8 Å². The van der Waals surface area contributed by atoms with E-state index in [1.165, 1.54) is 4.57 Å². The Bertz CT molecular complexity index is 1370. The van der Waals surface area contributed by atoms with Gasteiger partial charge in [0, 0.05) is 23.7 Å². The number of fused-ring (bicyclic) bond motifs is 1. The third-order valence-corrected chi connectivity index (χ3v) is 5.67. The van der Waals surface area contributed by atoms with E-state index in [1.54, 1.807) is 16.7 Å². The maximum absolute atomic E-state index is 12.9. The molecule has 2 aromatic heterocycles. The number of carbonyl (C=O) groups excluding carboxylic acids is 1. The zero-order valence-electron chi connectivity index (χ0n) is 17.1. The Morgan fingerprint density at radius 2 is 1.84 bits per heavy atom. The molecule has 1 amide bonds. The SMILES string of the molecule is O=C(NCc1ccc(Cl)cc1)OCC#Cc1nc2c([nH]1)c(=O)n(C1CC1)c(=O)n2C1CC1. The highest BCUT2D eigenvalue weighted by molar-refractivity contribution is 6.30. The van der Waals surface area contributed by atoms with Crippen LogP contribution in [0.1, 0.15) is 49.2 Å². The van der Waals surface area contributed by atoms with Crippen molar-refractivity contribution < 1.29 is 9.53 Å². The van der Waals surface area contributed by atoms with Gasteiger partial charge in [0.15, 0.2) is 23.6 Å². The minimum absolute atomic E-state index is 0.0259. The lowest BCUT2D eigenvalue weighted by atomic mass is 10.2. The molecule has 3 aromatic rings. The predicted octanol–water partition coefficient (Wildman–Crippen LogP) is 2.49.